The van der Waals surface area contributed by atoms with Crippen molar-refractivity contribution in [1.82, 2.24) is 9.21 Å². The molecule has 8 heteroatoms. The lowest BCUT2D eigenvalue weighted by Crippen LogP contribution is -2.39. The van der Waals surface area contributed by atoms with Crippen molar-refractivity contribution in [3.63, 3.8) is 0 Å². The van der Waals surface area contributed by atoms with Crippen LogP contribution in [0.3, 0.4) is 0 Å². The Balaban J connectivity index is 1.83. The Bertz CT molecular complexity index is 743. The number of hydrogen-bond donors (Lipinski definition) is 0. The van der Waals surface area contributed by atoms with Crippen LogP contribution in [0.4, 0.5) is 13.2 Å². The maximum absolute atomic E-state index is 12.8. The van der Waals surface area contributed by atoms with E-state index < -0.39 is 21.8 Å². The summed E-state index contributed by atoms with van der Waals surface area (Å²) in [7, 11) is -0.0962. The summed E-state index contributed by atoms with van der Waals surface area (Å²) in [6.07, 6.45) is 3.88. The number of unbranched alkanes of at least 4 members (excludes halogenated alkanes) is 1. The SMILES string of the molecule is CCCN(C)CCCCC1CCC(N(C)S(=O)(=O)c2ccc(C(F)(F)F)cc2)CC1. The molecule has 0 heterocycles. The fourth-order valence-electron chi connectivity index (χ4n) is 4.28. The van der Waals surface area contributed by atoms with Crippen LogP contribution in [0, 0.1) is 5.92 Å². The Morgan fingerprint density at radius 2 is 1.57 bits per heavy atom. The molecule has 0 spiro atoms. The molecule has 0 saturated heterocycles. The maximum Gasteiger partial charge on any atom is 0.416 e. The summed E-state index contributed by atoms with van der Waals surface area (Å²) in [6.45, 7) is 4.44. The zero-order chi connectivity index (χ0) is 22.4. The first kappa shape index (κ1) is 25.1. The highest BCUT2D eigenvalue weighted by molar-refractivity contribution is 7.89. The molecular weight excluding hydrogens is 413 g/mol. The fourth-order valence-corrected chi connectivity index (χ4v) is 5.70. The normalized spacial score (nSPS) is 20.8. The highest BCUT2D eigenvalue weighted by Crippen LogP contribution is 2.34. The van der Waals surface area contributed by atoms with E-state index in [1.807, 2.05) is 0 Å². The maximum atomic E-state index is 12.8. The minimum atomic E-state index is -4.47. The Kier molecular flexibility index (Phi) is 9.18. The van der Waals surface area contributed by atoms with Gasteiger partial charge >= 0.3 is 6.18 Å². The second-order valence-corrected chi connectivity index (χ2v) is 10.5. The quantitative estimate of drug-likeness (QED) is 0.450. The third-order valence-electron chi connectivity index (χ3n) is 6.20. The molecule has 0 atom stereocenters. The number of rotatable bonds is 10. The summed E-state index contributed by atoms with van der Waals surface area (Å²) < 4.78 is 65.2. The minimum Gasteiger partial charge on any atom is -0.306 e. The van der Waals surface area contributed by atoms with E-state index in [2.05, 4.69) is 18.9 Å². The molecule has 1 aromatic carbocycles. The standard InChI is InChI=1S/C22H35F3N2O2S/c1-4-16-26(2)17-6-5-7-18-8-12-20(13-9-18)27(3)30(28,29)21-14-10-19(11-15-21)22(23,24)25/h10-11,14-15,18,20H,4-9,12-13,16-17H2,1-3H3. The Hall–Kier alpha value is -1.12. The van der Waals surface area contributed by atoms with Crippen LogP contribution in [0.15, 0.2) is 29.2 Å². The fraction of sp³-hybridized carbons (Fsp3) is 0.727. The Morgan fingerprint density at radius 1 is 0.967 bits per heavy atom. The molecule has 1 aromatic rings. The van der Waals surface area contributed by atoms with Crippen molar-refractivity contribution < 1.29 is 21.6 Å². The molecule has 4 nitrogen and oxygen atoms in total. The Morgan fingerprint density at radius 3 is 2.10 bits per heavy atom. The summed E-state index contributed by atoms with van der Waals surface area (Å²) in [5.74, 6) is 0.639. The van der Waals surface area contributed by atoms with E-state index in [0.717, 1.165) is 63.0 Å². The van der Waals surface area contributed by atoms with E-state index in [-0.39, 0.29) is 10.9 Å². The lowest BCUT2D eigenvalue weighted by atomic mass is 9.83. The van der Waals surface area contributed by atoms with Gasteiger partial charge in [0.15, 0.2) is 0 Å². The summed E-state index contributed by atoms with van der Waals surface area (Å²) in [5, 5.41) is 0. The lowest BCUT2D eigenvalue weighted by Gasteiger charge is -2.34. The first-order valence-corrected chi connectivity index (χ1v) is 12.3. The molecule has 0 radical (unpaired) electrons. The van der Waals surface area contributed by atoms with Crippen molar-refractivity contribution in [3.05, 3.63) is 29.8 Å². The number of nitrogens with zero attached hydrogens (tertiary/aromatic N) is 2. The zero-order valence-electron chi connectivity index (χ0n) is 18.3. The van der Waals surface area contributed by atoms with Gasteiger partial charge in [-0.2, -0.15) is 17.5 Å². The van der Waals surface area contributed by atoms with Crippen molar-refractivity contribution in [2.45, 2.75) is 75.4 Å². The molecule has 1 aliphatic carbocycles. The van der Waals surface area contributed by atoms with E-state index in [0.29, 0.717) is 5.92 Å². The molecule has 1 saturated carbocycles. The van der Waals surface area contributed by atoms with Crippen LogP contribution >= 0.6 is 0 Å². The van der Waals surface area contributed by atoms with Gasteiger partial charge in [0, 0.05) is 13.1 Å². The van der Waals surface area contributed by atoms with Gasteiger partial charge in [0.05, 0.1) is 10.5 Å². The van der Waals surface area contributed by atoms with Crippen LogP contribution in [0.1, 0.15) is 63.9 Å². The van der Waals surface area contributed by atoms with Gasteiger partial charge in [-0.1, -0.05) is 19.8 Å². The van der Waals surface area contributed by atoms with Gasteiger partial charge < -0.3 is 4.90 Å². The van der Waals surface area contributed by atoms with Crippen molar-refractivity contribution in [1.29, 1.82) is 0 Å². The molecule has 0 bridgehead atoms. The van der Waals surface area contributed by atoms with Crippen LogP contribution in [0.2, 0.25) is 0 Å². The van der Waals surface area contributed by atoms with Crippen molar-refractivity contribution >= 4 is 10.0 Å². The lowest BCUT2D eigenvalue weighted by molar-refractivity contribution is -0.137. The number of alkyl halides is 3. The summed E-state index contributed by atoms with van der Waals surface area (Å²) in [4.78, 5) is 2.27. The number of benzene rings is 1. The monoisotopic (exact) mass is 448 g/mol. The summed E-state index contributed by atoms with van der Waals surface area (Å²) >= 11 is 0. The molecule has 0 aromatic heterocycles. The van der Waals surface area contributed by atoms with E-state index in [1.165, 1.54) is 30.0 Å². The van der Waals surface area contributed by atoms with E-state index in [4.69, 9.17) is 0 Å². The third kappa shape index (κ3) is 6.95. The summed E-state index contributed by atoms with van der Waals surface area (Å²) in [6, 6.07) is 3.67. The molecule has 30 heavy (non-hydrogen) atoms. The van der Waals surface area contributed by atoms with Crippen molar-refractivity contribution in [3.8, 4) is 0 Å². The van der Waals surface area contributed by atoms with Gasteiger partial charge in [-0.15, -0.1) is 0 Å². The number of hydrogen-bond acceptors (Lipinski definition) is 3. The third-order valence-corrected chi connectivity index (χ3v) is 8.12. The van der Waals surface area contributed by atoms with E-state index >= 15 is 0 Å². The van der Waals surface area contributed by atoms with Gasteiger partial charge in [-0.3, -0.25) is 0 Å². The topological polar surface area (TPSA) is 40.6 Å². The molecule has 1 fully saturated rings. The molecule has 0 amide bonds. The minimum absolute atomic E-state index is 0.0867. The van der Waals surface area contributed by atoms with Crippen LogP contribution in [-0.2, 0) is 16.2 Å². The molecular formula is C22H35F3N2O2S. The first-order valence-electron chi connectivity index (χ1n) is 10.9. The second-order valence-electron chi connectivity index (χ2n) is 8.52. The van der Waals surface area contributed by atoms with Gasteiger partial charge in [-0.05, 0) is 88.8 Å². The van der Waals surface area contributed by atoms with Crippen LogP contribution in [0.25, 0.3) is 0 Å². The van der Waals surface area contributed by atoms with Crippen LogP contribution in [0.5, 0.6) is 0 Å². The number of sulfonamides is 1. The molecule has 0 aliphatic heterocycles. The van der Waals surface area contributed by atoms with Gasteiger partial charge in [0.2, 0.25) is 10.0 Å². The van der Waals surface area contributed by atoms with Crippen LogP contribution < -0.4 is 0 Å². The van der Waals surface area contributed by atoms with Crippen molar-refractivity contribution in [2.24, 2.45) is 5.92 Å². The van der Waals surface area contributed by atoms with Crippen molar-refractivity contribution in [2.75, 3.05) is 27.2 Å². The smallest absolute Gasteiger partial charge is 0.306 e. The highest BCUT2D eigenvalue weighted by atomic mass is 32.2. The zero-order valence-corrected chi connectivity index (χ0v) is 19.1. The average molecular weight is 449 g/mol. The average Bonchev–Trinajstić information content (AvgIpc) is 2.71. The molecule has 0 N–H and O–H groups in total. The van der Waals surface area contributed by atoms with Gasteiger partial charge in [0.25, 0.3) is 0 Å². The Labute approximate surface area is 179 Å². The molecule has 1 aliphatic rings. The predicted octanol–water partition coefficient (Wildman–Crippen LogP) is 5.40. The molecule has 2 rings (SSSR count). The summed E-state index contributed by atoms with van der Waals surface area (Å²) in [5.41, 5.74) is -0.842. The van der Waals surface area contributed by atoms with Crippen LogP contribution in [-0.4, -0.2) is 50.8 Å². The van der Waals surface area contributed by atoms with Gasteiger partial charge in [-0.25, -0.2) is 8.42 Å². The highest BCUT2D eigenvalue weighted by Gasteiger charge is 2.33. The predicted molar refractivity (Wildman–Crippen MR) is 114 cm³/mol. The van der Waals surface area contributed by atoms with E-state index in [9.17, 15) is 21.6 Å². The second kappa shape index (κ2) is 11.0. The molecule has 0 unspecified atom stereocenters. The van der Waals surface area contributed by atoms with E-state index in [1.54, 1.807) is 7.05 Å². The molecule has 172 valence electrons. The van der Waals surface area contributed by atoms with Gasteiger partial charge in [0.1, 0.15) is 0 Å². The first-order chi connectivity index (χ1) is 14.1. The largest absolute Gasteiger partial charge is 0.416 e. The number of halogens is 3.